The molecule has 0 radical (unpaired) electrons. The third kappa shape index (κ3) is 3.61. The van der Waals surface area contributed by atoms with Gasteiger partial charge < -0.3 is 14.2 Å². The summed E-state index contributed by atoms with van der Waals surface area (Å²) in [7, 11) is -3.57. The lowest BCUT2D eigenvalue weighted by atomic mass is 9.97. The minimum Gasteiger partial charge on any atom is -0.494 e. The molecule has 0 atom stereocenters. The third-order valence-corrected chi connectivity index (χ3v) is 6.35. The first-order valence-corrected chi connectivity index (χ1v) is 10.7. The molecular weight excluding hydrogens is 366 g/mol. The Balaban J connectivity index is 1.47. The Morgan fingerprint density at radius 3 is 2.67 bits per heavy atom. The number of hydrogen-bond acceptors (Lipinski definition) is 5. The van der Waals surface area contributed by atoms with Gasteiger partial charge in [0.15, 0.2) is 0 Å². The van der Waals surface area contributed by atoms with Crippen molar-refractivity contribution in [3.63, 3.8) is 0 Å². The Kier molecular flexibility index (Phi) is 4.97. The first-order valence-electron chi connectivity index (χ1n) is 9.24. The molecular formula is C20H23NO5S. The van der Waals surface area contributed by atoms with Crippen LogP contribution in [-0.4, -0.2) is 34.8 Å². The van der Waals surface area contributed by atoms with E-state index in [9.17, 15) is 8.42 Å². The maximum atomic E-state index is 12.6. The topological polar surface area (TPSA) is 73.9 Å². The highest BCUT2D eigenvalue weighted by Crippen LogP contribution is 2.40. The smallest absolute Gasteiger partial charge is 0.240 e. The molecule has 2 aromatic rings. The van der Waals surface area contributed by atoms with Crippen molar-refractivity contribution in [2.24, 2.45) is 0 Å². The standard InChI is InChI=1S/C20H23NO5S/c1-2-24-15-3-5-16(6-4-15)27(22,23)21-10-7-18-17-9-12-25-19(17)13-14-8-11-26-20(14)18/h3-6,13,21H,2,7-12H2,1H3. The number of fused-ring (bicyclic) bond motifs is 2. The second-order valence-corrected chi connectivity index (χ2v) is 8.34. The van der Waals surface area contributed by atoms with Crippen LogP contribution < -0.4 is 18.9 Å². The molecule has 1 N–H and O–H groups in total. The largest absolute Gasteiger partial charge is 0.494 e. The fourth-order valence-corrected chi connectivity index (χ4v) is 4.66. The van der Waals surface area contributed by atoms with Crippen LogP contribution in [0, 0.1) is 0 Å². The van der Waals surface area contributed by atoms with E-state index in [0.717, 1.165) is 41.0 Å². The van der Waals surface area contributed by atoms with E-state index in [2.05, 4.69) is 10.8 Å². The summed E-state index contributed by atoms with van der Waals surface area (Å²) in [5.41, 5.74) is 3.38. The average Bonchev–Trinajstić information content (AvgIpc) is 3.31. The molecule has 0 bridgehead atoms. The predicted molar refractivity (Wildman–Crippen MR) is 101 cm³/mol. The van der Waals surface area contributed by atoms with Crippen LogP contribution in [0.2, 0.25) is 0 Å². The molecule has 0 spiro atoms. The number of nitrogens with one attached hydrogen (secondary N) is 1. The third-order valence-electron chi connectivity index (χ3n) is 4.87. The van der Waals surface area contributed by atoms with Crippen molar-refractivity contribution < 1.29 is 22.6 Å². The van der Waals surface area contributed by atoms with E-state index >= 15 is 0 Å². The minimum atomic E-state index is -3.57. The van der Waals surface area contributed by atoms with Gasteiger partial charge in [-0.1, -0.05) is 0 Å². The lowest BCUT2D eigenvalue weighted by Crippen LogP contribution is -2.26. The van der Waals surface area contributed by atoms with Gasteiger partial charge >= 0.3 is 0 Å². The Morgan fingerprint density at radius 1 is 1.11 bits per heavy atom. The second-order valence-electron chi connectivity index (χ2n) is 6.57. The van der Waals surface area contributed by atoms with Gasteiger partial charge in [-0.15, -0.1) is 0 Å². The summed E-state index contributed by atoms with van der Waals surface area (Å²) >= 11 is 0. The summed E-state index contributed by atoms with van der Waals surface area (Å²) in [6.07, 6.45) is 2.29. The molecule has 27 heavy (non-hydrogen) atoms. The van der Waals surface area contributed by atoms with Gasteiger partial charge in [0.1, 0.15) is 17.2 Å². The highest BCUT2D eigenvalue weighted by Gasteiger charge is 2.26. The van der Waals surface area contributed by atoms with E-state index in [1.165, 1.54) is 0 Å². The van der Waals surface area contributed by atoms with Gasteiger partial charge in [0.2, 0.25) is 10.0 Å². The zero-order valence-corrected chi connectivity index (χ0v) is 16.1. The molecule has 2 aromatic carbocycles. The number of hydrogen-bond donors (Lipinski definition) is 1. The van der Waals surface area contributed by atoms with E-state index in [1.54, 1.807) is 24.3 Å². The molecule has 0 fully saturated rings. The molecule has 6 nitrogen and oxygen atoms in total. The van der Waals surface area contributed by atoms with Crippen LogP contribution in [0.15, 0.2) is 35.2 Å². The molecule has 0 amide bonds. The van der Waals surface area contributed by atoms with Crippen LogP contribution in [-0.2, 0) is 29.3 Å². The van der Waals surface area contributed by atoms with Crippen molar-refractivity contribution in [2.75, 3.05) is 26.4 Å². The second kappa shape index (κ2) is 7.40. The van der Waals surface area contributed by atoms with Crippen molar-refractivity contribution >= 4 is 10.0 Å². The van der Waals surface area contributed by atoms with Crippen LogP contribution in [0.25, 0.3) is 0 Å². The zero-order chi connectivity index (χ0) is 18.9. The molecule has 4 rings (SSSR count). The maximum absolute atomic E-state index is 12.6. The van der Waals surface area contributed by atoms with Crippen LogP contribution in [0.3, 0.4) is 0 Å². The fraction of sp³-hybridized carbons (Fsp3) is 0.400. The molecule has 2 aliphatic heterocycles. The molecule has 0 aromatic heterocycles. The number of rotatable bonds is 7. The highest BCUT2D eigenvalue weighted by atomic mass is 32.2. The van der Waals surface area contributed by atoms with Crippen molar-refractivity contribution in [3.05, 3.63) is 47.0 Å². The number of sulfonamides is 1. The molecule has 7 heteroatoms. The Hall–Kier alpha value is -2.25. The van der Waals surface area contributed by atoms with Gasteiger partial charge in [-0.2, -0.15) is 0 Å². The van der Waals surface area contributed by atoms with Crippen molar-refractivity contribution in [2.45, 2.75) is 31.1 Å². The summed E-state index contributed by atoms with van der Waals surface area (Å²) in [4.78, 5) is 0.231. The van der Waals surface area contributed by atoms with Crippen LogP contribution in [0.5, 0.6) is 17.2 Å². The molecule has 0 saturated carbocycles. The van der Waals surface area contributed by atoms with Gasteiger partial charge in [0.25, 0.3) is 0 Å². The van der Waals surface area contributed by atoms with E-state index in [4.69, 9.17) is 14.2 Å². The molecule has 144 valence electrons. The average molecular weight is 389 g/mol. The van der Waals surface area contributed by atoms with Crippen molar-refractivity contribution in [1.29, 1.82) is 0 Å². The minimum absolute atomic E-state index is 0.231. The summed E-state index contributed by atoms with van der Waals surface area (Å²) in [5, 5.41) is 0. The van der Waals surface area contributed by atoms with Crippen molar-refractivity contribution in [3.8, 4) is 17.2 Å². The normalized spacial score (nSPS) is 15.0. The summed E-state index contributed by atoms with van der Waals surface area (Å²) in [6.45, 7) is 4.08. The van der Waals surface area contributed by atoms with Crippen LogP contribution >= 0.6 is 0 Å². The lowest BCUT2D eigenvalue weighted by Gasteiger charge is -2.13. The number of ether oxygens (including phenoxy) is 3. The van der Waals surface area contributed by atoms with E-state index in [-0.39, 0.29) is 4.90 Å². The Labute approximate surface area is 159 Å². The fourth-order valence-electron chi connectivity index (χ4n) is 3.62. The van der Waals surface area contributed by atoms with Gasteiger partial charge in [-0.25, -0.2) is 13.1 Å². The van der Waals surface area contributed by atoms with Crippen LogP contribution in [0.1, 0.15) is 23.6 Å². The van der Waals surface area contributed by atoms with Gasteiger partial charge in [0.05, 0.1) is 24.7 Å². The van der Waals surface area contributed by atoms with Gasteiger partial charge in [0, 0.05) is 36.1 Å². The molecule has 0 aliphatic carbocycles. The highest BCUT2D eigenvalue weighted by molar-refractivity contribution is 7.89. The Bertz CT molecular complexity index is 906. The summed E-state index contributed by atoms with van der Waals surface area (Å²) < 4.78 is 44.7. The summed E-state index contributed by atoms with van der Waals surface area (Å²) in [6, 6.07) is 8.52. The van der Waals surface area contributed by atoms with E-state index in [1.807, 2.05) is 6.92 Å². The zero-order valence-electron chi connectivity index (χ0n) is 15.3. The van der Waals surface area contributed by atoms with E-state index in [0.29, 0.717) is 38.5 Å². The van der Waals surface area contributed by atoms with Crippen LogP contribution in [0.4, 0.5) is 0 Å². The molecule has 0 unspecified atom stereocenters. The summed E-state index contributed by atoms with van der Waals surface area (Å²) in [5.74, 6) is 2.49. The monoisotopic (exact) mass is 389 g/mol. The number of benzene rings is 2. The molecule has 2 aliphatic rings. The lowest BCUT2D eigenvalue weighted by molar-refractivity contribution is 0.340. The molecule has 2 heterocycles. The van der Waals surface area contributed by atoms with E-state index < -0.39 is 10.0 Å². The quantitative estimate of drug-likeness (QED) is 0.788. The van der Waals surface area contributed by atoms with Gasteiger partial charge in [-0.3, -0.25) is 0 Å². The Morgan fingerprint density at radius 2 is 1.89 bits per heavy atom. The van der Waals surface area contributed by atoms with Crippen molar-refractivity contribution in [1.82, 2.24) is 4.72 Å². The maximum Gasteiger partial charge on any atom is 0.240 e. The first-order chi connectivity index (χ1) is 13.1. The molecule has 0 saturated heterocycles. The van der Waals surface area contributed by atoms with Gasteiger partial charge in [-0.05, 0) is 43.7 Å². The first kappa shape index (κ1) is 18.1. The SMILES string of the molecule is CCOc1ccc(S(=O)(=O)NCCc2c3c(cc4c2OCC4)OCC3)cc1. The predicted octanol–water partition coefficient (Wildman–Crippen LogP) is 2.48.